The second kappa shape index (κ2) is 6.50. The number of piperazine rings is 1. The Morgan fingerprint density at radius 1 is 1.10 bits per heavy atom. The summed E-state index contributed by atoms with van der Waals surface area (Å²) in [7, 11) is 0. The molecule has 1 aromatic rings. The second-order valence-electron chi connectivity index (χ2n) is 6.09. The van der Waals surface area contributed by atoms with Crippen LogP contribution in [0, 0.1) is 5.92 Å². The third-order valence-electron chi connectivity index (χ3n) is 4.37. The Morgan fingerprint density at radius 3 is 2.40 bits per heavy atom. The highest BCUT2D eigenvalue weighted by Gasteiger charge is 2.18. The molecular formula is C15H25N5. The van der Waals surface area contributed by atoms with Gasteiger partial charge in [0.25, 0.3) is 0 Å². The molecule has 2 fully saturated rings. The van der Waals surface area contributed by atoms with Crippen LogP contribution in [-0.2, 0) is 6.54 Å². The minimum Gasteiger partial charge on any atom is -0.341 e. The first-order valence-corrected chi connectivity index (χ1v) is 7.80. The van der Waals surface area contributed by atoms with E-state index in [1.54, 1.807) is 0 Å². The zero-order valence-electron chi connectivity index (χ0n) is 12.4. The molecule has 3 heterocycles. The first-order valence-electron chi connectivity index (χ1n) is 7.80. The number of hydrogen-bond donors (Lipinski definition) is 1. The largest absolute Gasteiger partial charge is 0.341 e. The molecule has 0 spiro atoms. The lowest BCUT2D eigenvalue weighted by atomic mass is 10.00. The Kier molecular flexibility index (Phi) is 4.47. The summed E-state index contributed by atoms with van der Waals surface area (Å²) in [4.78, 5) is 13.9. The standard InChI is InChI=1S/C15H25N5/c1-13-2-6-20(7-3-13)15-17-10-14(11-18-15)12-19-8-4-16-5-9-19/h10-11,13,16H,2-9,12H2,1H3. The van der Waals surface area contributed by atoms with Gasteiger partial charge in [-0.15, -0.1) is 0 Å². The van der Waals surface area contributed by atoms with Crippen molar-refractivity contribution in [3.05, 3.63) is 18.0 Å². The number of anilines is 1. The van der Waals surface area contributed by atoms with Crippen LogP contribution in [0.25, 0.3) is 0 Å². The second-order valence-corrected chi connectivity index (χ2v) is 6.09. The number of nitrogens with zero attached hydrogens (tertiary/aromatic N) is 4. The summed E-state index contributed by atoms with van der Waals surface area (Å²) in [5.74, 6) is 1.75. The molecule has 1 aromatic heterocycles. The normalized spacial score (nSPS) is 22.1. The van der Waals surface area contributed by atoms with Crippen molar-refractivity contribution in [2.45, 2.75) is 26.3 Å². The number of rotatable bonds is 3. The minimum atomic E-state index is 0.846. The maximum absolute atomic E-state index is 4.57. The van der Waals surface area contributed by atoms with Gasteiger partial charge in [-0.25, -0.2) is 9.97 Å². The van der Waals surface area contributed by atoms with Crippen molar-refractivity contribution < 1.29 is 0 Å². The molecule has 0 aromatic carbocycles. The monoisotopic (exact) mass is 275 g/mol. The molecule has 3 rings (SSSR count). The molecule has 2 aliphatic heterocycles. The molecule has 0 bridgehead atoms. The third-order valence-corrected chi connectivity index (χ3v) is 4.37. The predicted molar refractivity (Wildman–Crippen MR) is 80.8 cm³/mol. The third kappa shape index (κ3) is 3.46. The zero-order chi connectivity index (χ0) is 13.8. The predicted octanol–water partition coefficient (Wildman–Crippen LogP) is 1.12. The van der Waals surface area contributed by atoms with Gasteiger partial charge in [0.2, 0.25) is 5.95 Å². The number of piperidine rings is 1. The van der Waals surface area contributed by atoms with Gasteiger partial charge in [-0.05, 0) is 18.8 Å². The van der Waals surface area contributed by atoms with Crippen molar-refractivity contribution in [1.29, 1.82) is 0 Å². The van der Waals surface area contributed by atoms with Crippen LogP contribution in [0.5, 0.6) is 0 Å². The Balaban J connectivity index is 1.56. The Morgan fingerprint density at radius 2 is 1.75 bits per heavy atom. The van der Waals surface area contributed by atoms with Crippen molar-refractivity contribution >= 4 is 5.95 Å². The molecule has 0 atom stereocenters. The van der Waals surface area contributed by atoms with Crippen molar-refractivity contribution in [3.8, 4) is 0 Å². The van der Waals surface area contributed by atoms with Crippen LogP contribution in [0.1, 0.15) is 25.3 Å². The fraction of sp³-hybridized carbons (Fsp3) is 0.733. The van der Waals surface area contributed by atoms with Crippen LogP contribution in [0.4, 0.5) is 5.95 Å². The van der Waals surface area contributed by atoms with E-state index in [1.165, 1.54) is 18.4 Å². The van der Waals surface area contributed by atoms with Crippen molar-refractivity contribution in [2.75, 3.05) is 44.2 Å². The minimum absolute atomic E-state index is 0.846. The topological polar surface area (TPSA) is 44.3 Å². The highest BCUT2D eigenvalue weighted by Crippen LogP contribution is 2.19. The summed E-state index contributed by atoms with van der Waals surface area (Å²) in [6.07, 6.45) is 6.52. The maximum Gasteiger partial charge on any atom is 0.225 e. The Labute approximate surface area is 121 Å². The van der Waals surface area contributed by atoms with Crippen molar-refractivity contribution in [1.82, 2.24) is 20.2 Å². The van der Waals surface area contributed by atoms with Gasteiger partial charge in [0, 0.05) is 63.8 Å². The van der Waals surface area contributed by atoms with Gasteiger partial charge in [-0.1, -0.05) is 6.92 Å². The van der Waals surface area contributed by atoms with Gasteiger partial charge >= 0.3 is 0 Å². The number of aromatic nitrogens is 2. The molecule has 0 saturated carbocycles. The van der Waals surface area contributed by atoms with E-state index >= 15 is 0 Å². The van der Waals surface area contributed by atoms with Gasteiger partial charge < -0.3 is 10.2 Å². The van der Waals surface area contributed by atoms with E-state index < -0.39 is 0 Å². The van der Waals surface area contributed by atoms with E-state index in [1.807, 2.05) is 12.4 Å². The molecule has 0 unspecified atom stereocenters. The summed E-state index contributed by atoms with van der Waals surface area (Å²) in [5.41, 5.74) is 1.22. The summed E-state index contributed by atoms with van der Waals surface area (Å²) in [5, 5.41) is 3.38. The SMILES string of the molecule is CC1CCN(c2ncc(CN3CCNCC3)cn2)CC1. The fourth-order valence-electron chi connectivity index (χ4n) is 2.93. The molecule has 0 radical (unpaired) electrons. The van der Waals surface area contributed by atoms with Crippen LogP contribution in [-0.4, -0.2) is 54.1 Å². The van der Waals surface area contributed by atoms with Crippen LogP contribution >= 0.6 is 0 Å². The Hall–Kier alpha value is -1.20. The molecular weight excluding hydrogens is 250 g/mol. The van der Waals surface area contributed by atoms with Crippen LogP contribution in [0.15, 0.2) is 12.4 Å². The van der Waals surface area contributed by atoms with Crippen LogP contribution in [0.2, 0.25) is 0 Å². The van der Waals surface area contributed by atoms with E-state index in [2.05, 4.69) is 32.0 Å². The molecule has 110 valence electrons. The fourth-order valence-corrected chi connectivity index (χ4v) is 2.93. The van der Waals surface area contributed by atoms with Gasteiger partial charge in [-0.2, -0.15) is 0 Å². The summed E-state index contributed by atoms with van der Waals surface area (Å²) in [6, 6.07) is 0. The first kappa shape index (κ1) is 13.8. The molecule has 2 saturated heterocycles. The van der Waals surface area contributed by atoms with E-state index in [0.29, 0.717) is 0 Å². The lowest BCUT2D eigenvalue weighted by Gasteiger charge is -2.30. The molecule has 5 nitrogen and oxygen atoms in total. The molecule has 5 heteroatoms. The molecule has 2 aliphatic rings. The quantitative estimate of drug-likeness (QED) is 0.895. The molecule has 1 N–H and O–H groups in total. The zero-order valence-corrected chi connectivity index (χ0v) is 12.4. The van der Waals surface area contributed by atoms with E-state index in [-0.39, 0.29) is 0 Å². The molecule has 0 aliphatic carbocycles. The van der Waals surface area contributed by atoms with E-state index in [4.69, 9.17) is 0 Å². The lowest BCUT2D eigenvalue weighted by molar-refractivity contribution is 0.233. The average molecular weight is 275 g/mol. The van der Waals surface area contributed by atoms with E-state index in [0.717, 1.165) is 57.7 Å². The van der Waals surface area contributed by atoms with Crippen molar-refractivity contribution in [2.24, 2.45) is 5.92 Å². The van der Waals surface area contributed by atoms with Gasteiger partial charge in [0.05, 0.1) is 0 Å². The summed E-state index contributed by atoms with van der Waals surface area (Å²) >= 11 is 0. The van der Waals surface area contributed by atoms with E-state index in [9.17, 15) is 0 Å². The van der Waals surface area contributed by atoms with Crippen LogP contribution in [0.3, 0.4) is 0 Å². The number of nitrogens with one attached hydrogen (secondary N) is 1. The Bertz CT molecular complexity index is 405. The molecule has 20 heavy (non-hydrogen) atoms. The van der Waals surface area contributed by atoms with Crippen molar-refractivity contribution in [3.63, 3.8) is 0 Å². The maximum atomic E-state index is 4.57. The highest BCUT2D eigenvalue weighted by atomic mass is 15.3. The first-order chi connectivity index (χ1) is 9.81. The summed E-state index contributed by atoms with van der Waals surface area (Å²) in [6.45, 7) is 9.90. The molecule has 0 amide bonds. The van der Waals surface area contributed by atoms with Gasteiger partial charge in [0.1, 0.15) is 0 Å². The van der Waals surface area contributed by atoms with Crippen LogP contribution < -0.4 is 10.2 Å². The highest BCUT2D eigenvalue weighted by molar-refractivity contribution is 5.30. The van der Waals surface area contributed by atoms with Gasteiger partial charge in [0.15, 0.2) is 0 Å². The summed E-state index contributed by atoms with van der Waals surface area (Å²) < 4.78 is 0. The smallest absolute Gasteiger partial charge is 0.225 e. The average Bonchev–Trinajstić information content (AvgIpc) is 2.50. The van der Waals surface area contributed by atoms with Gasteiger partial charge in [-0.3, -0.25) is 4.90 Å². The number of hydrogen-bond acceptors (Lipinski definition) is 5. The lowest BCUT2D eigenvalue weighted by Crippen LogP contribution is -2.42.